The summed E-state index contributed by atoms with van der Waals surface area (Å²) in [4.78, 5) is 10.6. The average molecular weight is 431 g/mol. The number of hydrogen-bond donors (Lipinski definition) is 0. The molecule has 2 aromatic heterocycles. The summed E-state index contributed by atoms with van der Waals surface area (Å²) < 4.78 is 46.2. The SMILES string of the molecule is Cc1ccc(-c2noc(C(C)N3CCN(S(=O)(=O)c4cccnc4)CC3)n2)cc1F. The van der Waals surface area contributed by atoms with Crippen molar-refractivity contribution in [3.05, 3.63) is 60.0 Å². The summed E-state index contributed by atoms with van der Waals surface area (Å²) in [6.07, 6.45) is 2.90. The Hall–Kier alpha value is -2.69. The Morgan fingerprint density at radius 3 is 2.60 bits per heavy atom. The van der Waals surface area contributed by atoms with Crippen molar-refractivity contribution < 1.29 is 17.3 Å². The van der Waals surface area contributed by atoms with E-state index in [1.165, 1.54) is 16.6 Å². The fourth-order valence-electron chi connectivity index (χ4n) is 3.39. The minimum absolute atomic E-state index is 0.190. The number of aryl methyl sites for hydroxylation is 1. The number of nitrogens with zero attached hydrogens (tertiary/aromatic N) is 5. The van der Waals surface area contributed by atoms with Crippen LogP contribution in [0.1, 0.15) is 24.4 Å². The Bertz CT molecular complexity index is 1130. The van der Waals surface area contributed by atoms with E-state index in [1.807, 2.05) is 6.92 Å². The van der Waals surface area contributed by atoms with Crippen molar-refractivity contribution in [2.24, 2.45) is 0 Å². The van der Waals surface area contributed by atoms with Crippen LogP contribution in [0.5, 0.6) is 0 Å². The van der Waals surface area contributed by atoms with Crippen LogP contribution in [0.4, 0.5) is 4.39 Å². The van der Waals surface area contributed by atoms with E-state index in [9.17, 15) is 12.8 Å². The van der Waals surface area contributed by atoms with Gasteiger partial charge in [0, 0.05) is 44.1 Å². The summed E-state index contributed by atoms with van der Waals surface area (Å²) in [5, 5.41) is 3.97. The predicted molar refractivity (Wildman–Crippen MR) is 107 cm³/mol. The lowest BCUT2D eigenvalue weighted by atomic mass is 10.1. The Kier molecular flexibility index (Phi) is 5.63. The summed E-state index contributed by atoms with van der Waals surface area (Å²) in [5.74, 6) is 0.418. The molecule has 0 radical (unpaired) electrons. The molecule has 0 bridgehead atoms. The standard InChI is InChI=1S/C20H22FN5O3S/c1-14-5-6-16(12-18(14)21)19-23-20(29-24-19)15(2)25-8-10-26(11-9-25)30(27,28)17-4-3-7-22-13-17/h3-7,12-13,15H,8-11H2,1-2H3. The second kappa shape index (κ2) is 8.21. The lowest BCUT2D eigenvalue weighted by Crippen LogP contribution is -2.49. The van der Waals surface area contributed by atoms with Gasteiger partial charge < -0.3 is 4.52 Å². The number of pyridine rings is 1. The third kappa shape index (κ3) is 3.98. The fraction of sp³-hybridized carbons (Fsp3) is 0.350. The first kappa shape index (κ1) is 20.6. The molecule has 0 aliphatic carbocycles. The Labute approximate surface area is 174 Å². The van der Waals surface area contributed by atoms with E-state index in [1.54, 1.807) is 37.4 Å². The van der Waals surface area contributed by atoms with Gasteiger partial charge in [0.15, 0.2) is 0 Å². The van der Waals surface area contributed by atoms with Gasteiger partial charge in [-0.05, 0) is 37.6 Å². The third-order valence-electron chi connectivity index (χ3n) is 5.32. The van der Waals surface area contributed by atoms with Gasteiger partial charge in [0.05, 0.1) is 6.04 Å². The van der Waals surface area contributed by atoms with Crippen molar-refractivity contribution in [1.29, 1.82) is 0 Å². The first-order chi connectivity index (χ1) is 14.4. The molecule has 8 nitrogen and oxygen atoms in total. The summed E-state index contributed by atoms with van der Waals surface area (Å²) in [5.41, 5.74) is 1.10. The second-order valence-corrected chi connectivity index (χ2v) is 9.16. The van der Waals surface area contributed by atoms with E-state index < -0.39 is 10.0 Å². The van der Waals surface area contributed by atoms with Crippen molar-refractivity contribution in [3.8, 4) is 11.4 Å². The number of hydrogen-bond acceptors (Lipinski definition) is 7. The van der Waals surface area contributed by atoms with Crippen molar-refractivity contribution in [2.45, 2.75) is 24.8 Å². The minimum atomic E-state index is -3.56. The molecule has 10 heteroatoms. The molecular weight excluding hydrogens is 409 g/mol. The van der Waals surface area contributed by atoms with Crippen LogP contribution < -0.4 is 0 Å². The van der Waals surface area contributed by atoms with Crippen LogP contribution in [0.15, 0.2) is 52.1 Å². The van der Waals surface area contributed by atoms with Gasteiger partial charge in [-0.25, -0.2) is 12.8 Å². The molecule has 158 valence electrons. The van der Waals surface area contributed by atoms with Crippen LogP contribution in [0.25, 0.3) is 11.4 Å². The van der Waals surface area contributed by atoms with E-state index in [4.69, 9.17) is 4.52 Å². The fourth-order valence-corrected chi connectivity index (χ4v) is 4.78. The molecule has 1 aromatic carbocycles. The number of benzene rings is 1. The first-order valence-electron chi connectivity index (χ1n) is 9.60. The van der Waals surface area contributed by atoms with Crippen molar-refractivity contribution >= 4 is 10.0 Å². The maximum atomic E-state index is 13.8. The molecule has 0 saturated carbocycles. The third-order valence-corrected chi connectivity index (χ3v) is 7.20. The van der Waals surface area contributed by atoms with E-state index in [2.05, 4.69) is 20.0 Å². The zero-order chi connectivity index (χ0) is 21.3. The number of aromatic nitrogens is 3. The Morgan fingerprint density at radius 2 is 1.93 bits per heavy atom. The summed E-state index contributed by atoms with van der Waals surface area (Å²) in [6.45, 7) is 5.38. The van der Waals surface area contributed by atoms with Gasteiger partial charge >= 0.3 is 0 Å². The lowest BCUT2D eigenvalue weighted by molar-refractivity contribution is 0.124. The van der Waals surface area contributed by atoms with Crippen LogP contribution in [-0.2, 0) is 10.0 Å². The second-order valence-electron chi connectivity index (χ2n) is 7.22. The van der Waals surface area contributed by atoms with Gasteiger partial charge in [0.25, 0.3) is 0 Å². The molecule has 1 unspecified atom stereocenters. The van der Waals surface area contributed by atoms with Gasteiger partial charge in [0.2, 0.25) is 21.7 Å². The van der Waals surface area contributed by atoms with Crippen molar-refractivity contribution in [1.82, 2.24) is 24.3 Å². The van der Waals surface area contributed by atoms with Crippen LogP contribution in [0.3, 0.4) is 0 Å². The molecule has 1 aliphatic heterocycles. The maximum Gasteiger partial charge on any atom is 0.244 e. The van der Waals surface area contributed by atoms with E-state index >= 15 is 0 Å². The highest BCUT2D eigenvalue weighted by atomic mass is 32.2. The predicted octanol–water partition coefficient (Wildman–Crippen LogP) is 2.65. The molecule has 1 atom stereocenters. The first-order valence-corrected chi connectivity index (χ1v) is 11.0. The van der Waals surface area contributed by atoms with E-state index in [0.717, 1.165) is 0 Å². The molecule has 1 fully saturated rings. The highest BCUT2D eigenvalue weighted by Gasteiger charge is 2.32. The average Bonchev–Trinajstić information content (AvgIpc) is 3.26. The summed E-state index contributed by atoms with van der Waals surface area (Å²) in [7, 11) is -3.56. The molecular formula is C20H22FN5O3S. The molecule has 3 aromatic rings. The van der Waals surface area contributed by atoms with Crippen LogP contribution in [0, 0.1) is 12.7 Å². The van der Waals surface area contributed by atoms with Gasteiger partial charge in [0.1, 0.15) is 10.7 Å². The number of rotatable bonds is 5. The van der Waals surface area contributed by atoms with Gasteiger partial charge in [-0.1, -0.05) is 17.3 Å². The van der Waals surface area contributed by atoms with Crippen molar-refractivity contribution in [2.75, 3.05) is 26.2 Å². The number of piperazine rings is 1. The molecule has 0 spiro atoms. The monoisotopic (exact) mass is 431 g/mol. The highest BCUT2D eigenvalue weighted by molar-refractivity contribution is 7.89. The van der Waals surface area contributed by atoms with Gasteiger partial charge in [-0.15, -0.1) is 0 Å². The van der Waals surface area contributed by atoms with Crippen molar-refractivity contribution in [3.63, 3.8) is 0 Å². The Balaban J connectivity index is 1.43. The van der Waals surface area contributed by atoms with Gasteiger partial charge in [-0.2, -0.15) is 9.29 Å². The molecule has 4 rings (SSSR count). The van der Waals surface area contributed by atoms with E-state index in [-0.39, 0.29) is 16.8 Å². The summed E-state index contributed by atoms with van der Waals surface area (Å²) >= 11 is 0. The molecule has 1 saturated heterocycles. The largest absolute Gasteiger partial charge is 0.337 e. The topological polar surface area (TPSA) is 92.4 Å². The zero-order valence-electron chi connectivity index (χ0n) is 16.7. The molecule has 1 aliphatic rings. The molecule has 0 amide bonds. The normalized spacial score (nSPS) is 17.2. The smallest absolute Gasteiger partial charge is 0.244 e. The lowest BCUT2D eigenvalue weighted by Gasteiger charge is -2.36. The molecule has 0 N–H and O–H groups in total. The quantitative estimate of drug-likeness (QED) is 0.613. The van der Waals surface area contributed by atoms with E-state index in [0.29, 0.717) is 49.0 Å². The van der Waals surface area contributed by atoms with Gasteiger partial charge in [-0.3, -0.25) is 9.88 Å². The van der Waals surface area contributed by atoms with Crippen LogP contribution in [0.2, 0.25) is 0 Å². The zero-order valence-corrected chi connectivity index (χ0v) is 17.5. The molecule has 30 heavy (non-hydrogen) atoms. The van der Waals surface area contributed by atoms with Crippen LogP contribution >= 0.6 is 0 Å². The highest BCUT2D eigenvalue weighted by Crippen LogP contribution is 2.25. The molecule has 3 heterocycles. The number of halogens is 1. The Morgan fingerprint density at radius 1 is 1.17 bits per heavy atom. The minimum Gasteiger partial charge on any atom is -0.337 e. The summed E-state index contributed by atoms with van der Waals surface area (Å²) in [6, 6.07) is 7.77. The number of sulfonamides is 1. The maximum absolute atomic E-state index is 13.8. The van der Waals surface area contributed by atoms with Crippen LogP contribution in [-0.4, -0.2) is 58.9 Å².